The number of likely N-dealkylation sites (N-methyl/N-ethyl adjacent to an activating group) is 2. The third-order valence-electron chi connectivity index (χ3n) is 13.7. The summed E-state index contributed by atoms with van der Waals surface area (Å²) in [7, 11) is 6.84. The van der Waals surface area contributed by atoms with E-state index in [4.69, 9.17) is 9.47 Å². The van der Waals surface area contributed by atoms with Crippen LogP contribution in [0.2, 0.25) is 0 Å². The number of carboxylic acid groups (broad SMARTS) is 1. The Morgan fingerprint density at radius 2 is 1.69 bits per heavy atom. The molecule has 0 radical (unpaired) electrons. The van der Waals surface area contributed by atoms with Crippen LogP contribution in [0.4, 0.5) is 10.5 Å². The minimum atomic E-state index is -1.08. The molecule has 15 nitrogen and oxygen atoms in total. The second kappa shape index (κ2) is 21.5. The van der Waals surface area contributed by atoms with Crippen molar-refractivity contribution in [2.24, 2.45) is 23.7 Å². The van der Waals surface area contributed by atoms with Crippen LogP contribution >= 0.6 is 0 Å². The quantitative estimate of drug-likeness (QED) is 0.146. The molecular weight excluding hydrogens is 781 g/mol. The predicted molar refractivity (Wildman–Crippen MR) is 235 cm³/mol. The maximum Gasteiger partial charge on any atom is 0.412 e. The van der Waals surface area contributed by atoms with Crippen LogP contribution in [-0.2, 0) is 35.1 Å². The smallest absolute Gasteiger partial charge is 0.412 e. The molecule has 15 heteroatoms. The van der Waals surface area contributed by atoms with E-state index in [1.807, 2.05) is 61.6 Å². The van der Waals surface area contributed by atoms with E-state index in [-0.39, 0.29) is 61.0 Å². The maximum atomic E-state index is 14.4. The average molecular weight is 857 g/mol. The van der Waals surface area contributed by atoms with E-state index in [1.54, 1.807) is 49.1 Å². The zero-order valence-electron chi connectivity index (χ0n) is 38.8. The summed E-state index contributed by atoms with van der Waals surface area (Å²) in [6, 6.07) is 4.98. The minimum Gasteiger partial charge on any atom is -0.465 e. The van der Waals surface area contributed by atoms with Crippen molar-refractivity contribution in [3.8, 4) is 0 Å². The Morgan fingerprint density at radius 1 is 1.00 bits per heavy atom. The first-order valence-electron chi connectivity index (χ1n) is 22.4. The highest BCUT2D eigenvalue weighted by molar-refractivity contribution is 5.91. The number of carbonyl (C=O) groups is 5. The summed E-state index contributed by atoms with van der Waals surface area (Å²) >= 11 is 0. The highest BCUT2D eigenvalue weighted by Crippen LogP contribution is 2.41. The Hall–Kier alpha value is -3.79. The molecule has 344 valence electrons. The third kappa shape index (κ3) is 11.6. The van der Waals surface area contributed by atoms with Gasteiger partial charge in [-0.05, 0) is 102 Å². The predicted octanol–water partition coefficient (Wildman–Crippen LogP) is 4.53. The van der Waals surface area contributed by atoms with E-state index in [1.165, 1.54) is 12.0 Å². The molecule has 0 unspecified atom stereocenters. The van der Waals surface area contributed by atoms with Crippen molar-refractivity contribution in [1.82, 2.24) is 25.3 Å². The Kier molecular flexibility index (Phi) is 17.6. The molecule has 0 spiro atoms. The molecule has 5 amide bonds. The summed E-state index contributed by atoms with van der Waals surface area (Å²) in [5.41, 5.74) is 0.555. The molecule has 2 bridgehead atoms. The molecule has 1 saturated carbocycles. The number of aliphatic hydroxyl groups excluding tert-OH is 1. The Bertz CT molecular complexity index is 1670. The van der Waals surface area contributed by atoms with Gasteiger partial charge in [-0.1, -0.05) is 53.2 Å². The lowest BCUT2D eigenvalue weighted by Gasteiger charge is -2.41. The van der Waals surface area contributed by atoms with E-state index in [0.717, 1.165) is 37.7 Å². The van der Waals surface area contributed by atoms with Crippen molar-refractivity contribution in [1.29, 1.82) is 0 Å². The number of likely N-dealkylation sites (tertiary alicyclic amines) is 2. The second-order valence-corrected chi connectivity index (χ2v) is 19.2. The molecule has 2 aliphatic heterocycles. The van der Waals surface area contributed by atoms with Crippen molar-refractivity contribution in [3.63, 3.8) is 0 Å². The van der Waals surface area contributed by atoms with Gasteiger partial charge < -0.3 is 40.1 Å². The molecular formula is C46H76N6O9. The molecule has 1 aromatic rings. The van der Waals surface area contributed by atoms with E-state index in [2.05, 4.69) is 15.5 Å². The Labute approximate surface area is 364 Å². The summed E-state index contributed by atoms with van der Waals surface area (Å²) in [5, 5.41) is 26.3. The monoisotopic (exact) mass is 857 g/mol. The van der Waals surface area contributed by atoms with E-state index >= 15 is 0 Å². The average Bonchev–Trinajstić information content (AvgIpc) is 3.96. The lowest BCUT2D eigenvalue weighted by molar-refractivity contribution is -0.148. The summed E-state index contributed by atoms with van der Waals surface area (Å²) < 4.78 is 12.0. The van der Waals surface area contributed by atoms with Gasteiger partial charge >= 0.3 is 6.09 Å². The number of nitrogens with one attached hydrogen (secondary N) is 2. The SMILES string of the molecule is CC[C@H](C)[C@@H]([C@@H](CC(=O)N1CCC[C@H]1[C@H](OC)[C@@H](C)C(=O)N[C@H](CO)Cc1cccc(N(C(=O)O)C(C)(C)C)c1)OC)N(C)C(=O)[C@@H](NC(=O)[C@@H]1[C@H]2CC[C@H](C2)N1C)C(C)C. The number of hydrogen-bond donors (Lipinski definition) is 4. The van der Waals surface area contributed by atoms with Crippen LogP contribution in [0.5, 0.6) is 0 Å². The van der Waals surface area contributed by atoms with Gasteiger partial charge in [-0.3, -0.25) is 29.0 Å². The normalized spacial score (nSPS) is 23.8. The van der Waals surface area contributed by atoms with Gasteiger partial charge in [-0.25, -0.2) is 4.79 Å². The molecule has 11 atom stereocenters. The second-order valence-electron chi connectivity index (χ2n) is 19.2. The third-order valence-corrected chi connectivity index (χ3v) is 13.7. The van der Waals surface area contributed by atoms with Gasteiger partial charge in [-0.2, -0.15) is 0 Å². The molecule has 61 heavy (non-hydrogen) atoms. The summed E-state index contributed by atoms with van der Waals surface area (Å²) in [6.07, 6.45) is 3.12. The van der Waals surface area contributed by atoms with E-state index in [9.17, 15) is 34.2 Å². The number of methoxy groups -OCH3 is 2. The van der Waals surface area contributed by atoms with Crippen LogP contribution < -0.4 is 15.5 Å². The number of piperidine rings is 1. The van der Waals surface area contributed by atoms with Gasteiger partial charge in [0.15, 0.2) is 0 Å². The Balaban J connectivity index is 1.45. The van der Waals surface area contributed by atoms with Crippen molar-refractivity contribution < 1.29 is 43.7 Å². The number of benzene rings is 1. The van der Waals surface area contributed by atoms with Crippen LogP contribution in [0.1, 0.15) is 106 Å². The van der Waals surface area contributed by atoms with Crippen LogP contribution in [0, 0.1) is 23.7 Å². The van der Waals surface area contributed by atoms with Gasteiger partial charge in [0.2, 0.25) is 23.6 Å². The standard InChI is InChI=1S/C46H76N6O9/c1-13-28(4)39(50(10)44(57)38(27(2)3)48-43(56)40-31-19-20-33(24-31)49(40)9)36(60-11)25-37(54)51-21-15-18-35(51)41(61-12)29(5)42(55)47-32(26-53)22-30-16-14-17-34(23-30)52(45(58)59)46(6,7)8/h14,16-17,23,27-29,31-33,35-36,38-41,53H,13,15,18-22,24-26H2,1-12H3,(H,47,55)(H,48,56)(H,58,59)/t28-,29+,31-,32-,33+,35-,36+,38-,39-,40-,41+/m0/s1. The van der Waals surface area contributed by atoms with Crippen LogP contribution in [0.25, 0.3) is 0 Å². The molecule has 3 aliphatic rings. The lowest BCUT2D eigenvalue weighted by atomic mass is 9.89. The summed E-state index contributed by atoms with van der Waals surface area (Å²) in [4.78, 5) is 75.2. The number of nitrogens with zero attached hydrogens (tertiary/aromatic N) is 4. The highest BCUT2D eigenvalue weighted by atomic mass is 16.5. The molecule has 1 aliphatic carbocycles. The fraction of sp³-hybridized carbons (Fsp3) is 0.761. The minimum absolute atomic E-state index is 0.00541. The number of rotatable bonds is 20. The first kappa shape index (κ1) is 49.9. The van der Waals surface area contributed by atoms with Gasteiger partial charge in [0.1, 0.15) is 6.04 Å². The van der Waals surface area contributed by atoms with Gasteiger partial charge in [0, 0.05) is 45.1 Å². The number of aliphatic hydroxyl groups is 1. The van der Waals surface area contributed by atoms with Crippen molar-refractivity contribution >= 4 is 35.4 Å². The van der Waals surface area contributed by atoms with E-state index in [0.29, 0.717) is 30.6 Å². The molecule has 2 heterocycles. The first-order valence-corrected chi connectivity index (χ1v) is 22.4. The van der Waals surface area contributed by atoms with Crippen LogP contribution in [-0.4, -0.2) is 150 Å². The molecule has 4 N–H and O–H groups in total. The number of hydrogen-bond acceptors (Lipinski definition) is 9. The lowest BCUT2D eigenvalue weighted by Crippen LogP contribution is -2.60. The molecule has 0 aromatic heterocycles. The van der Waals surface area contributed by atoms with Crippen molar-refractivity contribution in [2.75, 3.05) is 46.4 Å². The highest BCUT2D eigenvalue weighted by Gasteiger charge is 2.49. The van der Waals surface area contributed by atoms with Gasteiger partial charge in [-0.15, -0.1) is 0 Å². The van der Waals surface area contributed by atoms with E-state index < -0.39 is 53.9 Å². The van der Waals surface area contributed by atoms with Crippen molar-refractivity contribution in [3.05, 3.63) is 29.8 Å². The zero-order chi connectivity index (χ0) is 45.5. The Morgan fingerprint density at radius 3 is 2.23 bits per heavy atom. The number of ether oxygens (including phenoxy) is 2. The molecule has 1 aromatic carbocycles. The molecule has 3 fully saturated rings. The van der Waals surface area contributed by atoms with Crippen molar-refractivity contribution in [2.45, 2.75) is 161 Å². The molecule has 2 saturated heterocycles. The zero-order valence-corrected chi connectivity index (χ0v) is 38.8. The van der Waals surface area contributed by atoms with Crippen LogP contribution in [0.3, 0.4) is 0 Å². The van der Waals surface area contributed by atoms with Gasteiger partial charge in [0.25, 0.3) is 0 Å². The number of fused-ring (bicyclic) bond motifs is 2. The number of anilines is 1. The first-order chi connectivity index (χ1) is 28.7. The fourth-order valence-electron chi connectivity index (χ4n) is 10.3. The van der Waals surface area contributed by atoms with Crippen LogP contribution in [0.15, 0.2) is 24.3 Å². The number of amides is 5. The van der Waals surface area contributed by atoms with Gasteiger partial charge in [0.05, 0.1) is 55.3 Å². The largest absolute Gasteiger partial charge is 0.465 e. The fourth-order valence-corrected chi connectivity index (χ4v) is 10.3. The maximum absolute atomic E-state index is 14.4. The topological polar surface area (TPSA) is 181 Å². The summed E-state index contributed by atoms with van der Waals surface area (Å²) in [6.45, 7) is 15.3. The molecule has 4 rings (SSSR count). The summed E-state index contributed by atoms with van der Waals surface area (Å²) in [5.74, 6) is -1.41. The number of carbonyl (C=O) groups excluding carboxylic acids is 4.